The summed E-state index contributed by atoms with van der Waals surface area (Å²) < 4.78 is 25.3. The van der Waals surface area contributed by atoms with Crippen LogP contribution in [-0.2, 0) is 4.79 Å². The molecule has 3 nitrogen and oxygen atoms in total. The molecule has 0 aliphatic carbocycles. The smallest absolute Gasteiger partial charge is 0.250 e. The number of amides is 1. The molecule has 0 radical (unpaired) electrons. The molecule has 0 aromatic heterocycles. The maximum Gasteiger partial charge on any atom is 0.250 e. The van der Waals surface area contributed by atoms with Gasteiger partial charge in [-0.3, -0.25) is 4.79 Å². The van der Waals surface area contributed by atoms with E-state index in [4.69, 9.17) is 5.11 Å². The topological polar surface area (TPSA) is 49.3 Å². The zero-order valence-electron chi connectivity index (χ0n) is 6.55. The standard InChI is InChI=1S/C8H7F2NO2/c9-5-1-2-6(10)7(3-5)11-8(13)4-12/h1-3,12H,4H2,(H,11,13). The van der Waals surface area contributed by atoms with Crippen LogP contribution in [-0.4, -0.2) is 17.6 Å². The number of carbonyl (C=O) groups is 1. The van der Waals surface area contributed by atoms with Gasteiger partial charge in [0.15, 0.2) is 0 Å². The Bertz CT molecular complexity index is 328. The van der Waals surface area contributed by atoms with Crippen LogP contribution in [0.15, 0.2) is 18.2 Å². The minimum Gasteiger partial charge on any atom is -0.387 e. The van der Waals surface area contributed by atoms with Crippen molar-refractivity contribution >= 4 is 11.6 Å². The number of rotatable bonds is 2. The fourth-order valence-corrected chi connectivity index (χ4v) is 0.783. The minimum atomic E-state index is -0.787. The maximum absolute atomic E-state index is 12.8. The Morgan fingerprint density at radius 2 is 2.15 bits per heavy atom. The summed E-state index contributed by atoms with van der Waals surface area (Å²) in [4.78, 5) is 10.6. The van der Waals surface area contributed by atoms with Crippen molar-refractivity contribution < 1.29 is 18.7 Å². The summed E-state index contributed by atoms with van der Waals surface area (Å²) >= 11 is 0. The normalized spacial score (nSPS) is 9.77. The van der Waals surface area contributed by atoms with E-state index in [1.54, 1.807) is 0 Å². The molecule has 0 unspecified atom stereocenters. The van der Waals surface area contributed by atoms with Crippen LogP contribution >= 0.6 is 0 Å². The SMILES string of the molecule is O=C(CO)Nc1cc(F)ccc1F. The zero-order valence-corrected chi connectivity index (χ0v) is 6.55. The second-order valence-corrected chi connectivity index (χ2v) is 2.33. The summed E-state index contributed by atoms with van der Waals surface area (Å²) in [5.74, 6) is -2.19. The van der Waals surface area contributed by atoms with Gasteiger partial charge in [0, 0.05) is 6.07 Å². The molecule has 2 N–H and O–H groups in total. The first-order valence-corrected chi connectivity index (χ1v) is 3.49. The molecule has 1 amide bonds. The van der Waals surface area contributed by atoms with Gasteiger partial charge in [-0.05, 0) is 12.1 Å². The van der Waals surface area contributed by atoms with Crippen molar-refractivity contribution in [2.45, 2.75) is 0 Å². The highest BCUT2D eigenvalue weighted by atomic mass is 19.1. The van der Waals surface area contributed by atoms with E-state index in [-0.39, 0.29) is 5.69 Å². The van der Waals surface area contributed by atoms with Crippen LogP contribution in [0.1, 0.15) is 0 Å². The van der Waals surface area contributed by atoms with Crippen LogP contribution in [0.4, 0.5) is 14.5 Å². The molecule has 1 aromatic rings. The third-order valence-corrected chi connectivity index (χ3v) is 1.35. The van der Waals surface area contributed by atoms with Crippen molar-refractivity contribution in [2.75, 3.05) is 11.9 Å². The van der Waals surface area contributed by atoms with Gasteiger partial charge < -0.3 is 10.4 Å². The molecule has 1 aromatic carbocycles. The summed E-state index contributed by atoms with van der Waals surface area (Å²) in [6.07, 6.45) is 0. The number of anilines is 1. The monoisotopic (exact) mass is 187 g/mol. The lowest BCUT2D eigenvalue weighted by Gasteiger charge is -2.03. The van der Waals surface area contributed by atoms with Crippen molar-refractivity contribution in [2.24, 2.45) is 0 Å². The van der Waals surface area contributed by atoms with Crippen molar-refractivity contribution in [3.8, 4) is 0 Å². The van der Waals surface area contributed by atoms with Crippen LogP contribution in [0.5, 0.6) is 0 Å². The third kappa shape index (κ3) is 2.48. The Morgan fingerprint density at radius 3 is 2.77 bits per heavy atom. The van der Waals surface area contributed by atoms with Crippen LogP contribution in [0.25, 0.3) is 0 Å². The molecule has 0 heterocycles. The van der Waals surface area contributed by atoms with E-state index >= 15 is 0 Å². The average molecular weight is 187 g/mol. The highest BCUT2D eigenvalue weighted by Gasteiger charge is 2.06. The Labute approximate surface area is 73.0 Å². The average Bonchev–Trinajstić information content (AvgIpc) is 2.11. The minimum absolute atomic E-state index is 0.279. The van der Waals surface area contributed by atoms with Gasteiger partial charge in [-0.2, -0.15) is 0 Å². The van der Waals surface area contributed by atoms with Gasteiger partial charge >= 0.3 is 0 Å². The lowest BCUT2D eigenvalue weighted by molar-refractivity contribution is -0.118. The second kappa shape index (κ2) is 3.95. The quantitative estimate of drug-likeness (QED) is 0.722. The van der Waals surface area contributed by atoms with Gasteiger partial charge in [0.2, 0.25) is 5.91 Å². The van der Waals surface area contributed by atoms with Crippen LogP contribution in [0.2, 0.25) is 0 Å². The molecule has 0 fully saturated rings. The lowest BCUT2D eigenvalue weighted by atomic mass is 10.3. The third-order valence-electron chi connectivity index (χ3n) is 1.35. The number of halogens is 2. The molecule has 0 saturated carbocycles. The van der Waals surface area contributed by atoms with Crippen LogP contribution in [0, 0.1) is 11.6 Å². The van der Waals surface area contributed by atoms with Crippen molar-refractivity contribution in [1.82, 2.24) is 0 Å². The van der Waals surface area contributed by atoms with E-state index in [0.717, 1.165) is 18.2 Å². The number of carbonyl (C=O) groups excluding carboxylic acids is 1. The first kappa shape index (κ1) is 9.60. The largest absolute Gasteiger partial charge is 0.387 e. The number of nitrogens with one attached hydrogen (secondary N) is 1. The van der Waals surface area contributed by atoms with Gasteiger partial charge in [-0.25, -0.2) is 8.78 Å². The summed E-state index contributed by atoms with van der Waals surface area (Å²) in [6, 6.07) is 2.66. The molecule has 0 saturated heterocycles. The Balaban J connectivity index is 2.87. The Hall–Kier alpha value is -1.49. The second-order valence-electron chi connectivity index (χ2n) is 2.33. The summed E-state index contributed by atoms with van der Waals surface area (Å²) in [6.45, 7) is -0.768. The van der Waals surface area contributed by atoms with Crippen molar-refractivity contribution in [1.29, 1.82) is 0 Å². The van der Waals surface area contributed by atoms with E-state index in [1.807, 2.05) is 5.32 Å². The van der Waals surface area contributed by atoms with Gasteiger partial charge in [-0.1, -0.05) is 0 Å². The van der Waals surface area contributed by atoms with E-state index in [2.05, 4.69) is 0 Å². The van der Waals surface area contributed by atoms with Gasteiger partial charge in [0.25, 0.3) is 0 Å². The number of aliphatic hydroxyl groups excluding tert-OH is 1. The molecule has 0 aliphatic rings. The van der Waals surface area contributed by atoms with Gasteiger partial charge in [0.1, 0.15) is 18.2 Å². The molecule has 13 heavy (non-hydrogen) atoms. The fraction of sp³-hybridized carbons (Fsp3) is 0.125. The fourth-order valence-electron chi connectivity index (χ4n) is 0.783. The molecule has 0 bridgehead atoms. The number of hydrogen-bond acceptors (Lipinski definition) is 2. The summed E-state index contributed by atoms with van der Waals surface area (Å²) in [5, 5.41) is 10.3. The van der Waals surface area contributed by atoms with E-state index in [1.165, 1.54) is 0 Å². The molecule has 0 atom stereocenters. The predicted molar refractivity (Wildman–Crippen MR) is 42.1 cm³/mol. The molecular formula is C8H7F2NO2. The van der Waals surface area contributed by atoms with E-state index in [0.29, 0.717) is 0 Å². The van der Waals surface area contributed by atoms with Crippen LogP contribution < -0.4 is 5.32 Å². The van der Waals surface area contributed by atoms with Gasteiger partial charge in [0.05, 0.1) is 5.69 Å². The first-order chi connectivity index (χ1) is 6.13. The number of hydrogen-bond donors (Lipinski definition) is 2. The maximum atomic E-state index is 12.8. The van der Waals surface area contributed by atoms with Crippen LogP contribution in [0.3, 0.4) is 0 Å². The van der Waals surface area contributed by atoms with Crippen molar-refractivity contribution in [3.05, 3.63) is 29.8 Å². The summed E-state index contributed by atoms with van der Waals surface area (Å²) in [5.41, 5.74) is -0.279. The lowest BCUT2D eigenvalue weighted by Crippen LogP contribution is -2.16. The molecule has 70 valence electrons. The van der Waals surface area contributed by atoms with Crippen molar-refractivity contribution in [3.63, 3.8) is 0 Å². The predicted octanol–water partition coefficient (Wildman–Crippen LogP) is 0.896. The van der Waals surface area contributed by atoms with Gasteiger partial charge in [-0.15, -0.1) is 0 Å². The number of benzene rings is 1. The molecule has 0 spiro atoms. The Kier molecular flexibility index (Phi) is 2.92. The highest BCUT2D eigenvalue weighted by Crippen LogP contribution is 2.14. The zero-order chi connectivity index (χ0) is 9.84. The first-order valence-electron chi connectivity index (χ1n) is 3.49. The summed E-state index contributed by atoms with van der Waals surface area (Å²) in [7, 11) is 0. The molecule has 5 heteroatoms. The molecular weight excluding hydrogens is 180 g/mol. The molecule has 1 rings (SSSR count). The number of aliphatic hydroxyl groups is 1. The molecule has 0 aliphatic heterocycles. The Morgan fingerprint density at radius 1 is 1.46 bits per heavy atom. The van der Waals surface area contributed by atoms with E-state index in [9.17, 15) is 13.6 Å². The van der Waals surface area contributed by atoms with E-state index < -0.39 is 24.1 Å². The highest BCUT2D eigenvalue weighted by molar-refractivity contribution is 5.91.